The van der Waals surface area contributed by atoms with Gasteiger partial charge in [-0.05, 0) is 68.5 Å². The van der Waals surface area contributed by atoms with E-state index >= 15 is 0 Å². The van der Waals surface area contributed by atoms with E-state index in [2.05, 4.69) is 78.1 Å². The minimum Gasteiger partial charge on any atom is -0.493 e. The van der Waals surface area contributed by atoms with Crippen molar-refractivity contribution in [1.29, 1.82) is 0 Å². The number of alkyl carbamates (subject to hydrolysis) is 1. The number of nitrogens with one attached hydrogen (secondary N) is 1. The Hall–Kier alpha value is -4.03. The Morgan fingerprint density at radius 1 is 0.738 bits per heavy atom. The molecule has 0 aliphatic carbocycles. The lowest BCUT2D eigenvalue weighted by atomic mass is 9.84. The number of Topliss-reactive ketones (excluding diaryl/α,β-unsaturated/α-hetero) is 1. The quantitative estimate of drug-likeness (QED) is 0.137. The summed E-state index contributed by atoms with van der Waals surface area (Å²) >= 11 is 1.86. The van der Waals surface area contributed by atoms with Crippen molar-refractivity contribution in [2.24, 2.45) is 0 Å². The first-order valence-electron chi connectivity index (χ1n) is 14.2. The monoisotopic (exact) mass is 581 g/mol. The summed E-state index contributed by atoms with van der Waals surface area (Å²) in [5.74, 6) is 1.38. The first-order valence-corrected chi connectivity index (χ1v) is 15.2. The van der Waals surface area contributed by atoms with Gasteiger partial charge in [-0.1, -0.05) is 103 Å². The van der Waals surface area contributed by atoms with Crippen molar-refractivity contribution < 1.29 is 19.1 Å². The number of carbonyl (C=O) groups is 2. The van der Waals surface area contributed by atoms with Gasteiger partial charge in [-0.25, -0.2) is 4.79 Å². The Morgan fingerprint density at radius 2 is 1.21 bits per heavy atom. The zero-order chi connectivity index (χ0) is 30.0. The number of ketones is 1. The van der Waals surface area contributed by atoms with E-state index in [9.17, 15) is 9.59 Å². The van der Waals surface area contributed by atoms with Gasteiger partial charge in [0.15, 0.2) is 5.78 Å². The lowest BCUT2D eigenvalue weighted by molar-refractivity contribution is -0.119. The largest absolute Gasteiger partial charge is 0.493 e. The minimum absolute atomic E-state index is 0.128. The van der Waals surface area contributed by atoms with Crippen LogP contribution in [0.5, 0.6) is 5.75 Å². The van der Waals surface area contributed by atoms with Gasteiger partial charge in [0.2, 0.25) is 0 Å². The number of amides is 1. The molecule has 1 atom stereocenters. The number of carbonyl (C=O) groups excluding carboxylic acids is 2. The second-order valence-electron chi connectivity index (χ2n) is 11.1. The van der Waals surface area contributed by atoms with Crippen LogP contribution in [0.2, 0.25) is 0 Å². The van der Waals surface area contributed by atoms with Crippen LogP contribution in [0.1, 0.15) is 49.9 Å². The van der Waals surface area contributed by atoms with E-state index in [1.807, 2.05) is 54.2 Å². The van der Waals surface area contributed by atoms with Crippen LogP contribution >= 0.6 is 11.8 Å². The van der Waals surface area contributed by atoms with Gasteiger partial charge in [0.25, 0.3) is 0 Å². The van der Waals surface area contributed by atoms with Crippen LogP contribution in [0.3, 0.4) is 0 Å². The maximum atomic E-state index is 12.2. The Kier molecular flexibility index (Phi) is 10.5. The molecule has 4 aromatic rings. The number of benzene rings is 4. The molecular formula is C36H39NO4S. The van der Waals surface area contributed by atoms with E-state index in [4.69, 9.17) is 9.47 Å². The summed E-state index contributed by atoms with van der Waals surface area (Å²) in [6, 6.07) is 38.9. The molecule has 0 fully saturated rings. The van der Waals surface area contributed by atoms with Crippen molar-refractivity contribution in [1.82, 2.24) is 5.32 Å². The molecule has 0 aliphatic heterocycles. The third kappa shape index (κ3) is 8.26. The van der Waals surface area contributed by atoms with Gasteiger partial charge in [-0.15, -0.1) is 11.8 Å². The van der Waals surface area contributed by atoms with Crippen LogP contribution in [0.15, 0.2) is 115 Å². The molecule has 0 heterocycles. The minimum atomic E-state index is -0.662. The molecule has 4 rings (SSSR count). The molecule has 1 N–H and O–H groups in total. The maximum absolute atomic E-state index is 12.2. The summed E-state index contributed by atoms with van der Waals surface area (Å²) in [5, 5.41) is 2.69. The molecule has 0 spiro atoms. The van der Waals surface area contributed by atoms with Gasteiger partial charge in [-0.2, -0.15) is 0 Å². The van der Waals surface area contributed by atoms with Crippen molar-refractivity contribution in [2.45, 2.75) is 50.5 Å². The second-order valence-corrected chi connectivity index (χ2v) is 12.4. The van der Waals surface area contributed by atoms with Crippen molar-refractivity contribution in [3.05, 3.63) is 138 Å². The highest BCUT2D eigenvalue weighted by molar-refractivity contribution is 8.00. The Balaban J connectivity index is 1.43. The summed E-state index contributed by atoms with van der Waals surface area (Å²) in [6.07, 6.45) is -0.226. The fraction of sp³-hybridized carbons (Fsp3) is 0.278. The highest BCUT2D eigenvalue weighted by Gasteiger charge is 2.36. The van der Waals surface area contributed by atoms with Crippen LogP contribution in [-0.4, -0.2) is 35.9 Å². The van der Waals surface area contributed by atoms with Crippen molar-refractivity contribution in [2.75, 3.05) is 12.4 Å². The van der Waals surface area contributed by atoms with E-state index in [0.29, 0.717) is 13.0 Å². The van der Waals surface area contributed by atoms with Crippen LogP contribution in [-0.2, 0) is 20.7 Å². The molecule has 1 amide bonds. The number of hydrogen-bond donors (Lipinski definition) is 1. The third-order valence-electron chi connectivity index (χ3n) is 6.76. The molecule has 42 heavy (non-hydrogen) atoms. The van der Waals surface area contributed by atoms with E-state index in [0.717, 1.165) is 17.1 Å². The summed E-state index contributed by atoms with van der Waals surface area (Å²) < 4.78 is 11.1. The Bertz CT molecular complexity index is 1320. The average molecular weight is 582 g/mol. The lowest BCUT2D eigenvalue weighted by Crippen LogP contribution is -2.43. The summed E-state index contributed by atoms with van der Waals surface area (Å²) in [6.45, 7) is 7.36. The molecule has 218 valence electrons. The van der Waals surface area contributed by atoms with E-state index in [1.165, 1.54) is 23.6 Å². The van der Waals surface area contributed by atoms with E-state index in [1.54, 1.807) is 20.8 Å². The fourth-order valence-electron chi connectivity index (χ4n) is 4.83. The molecule has 0 saturated heterocycles. The topological polar surface area (TPSA) is 64.6 Å². The molecule has 0 aliphatic rings. The SMILES string of the molecule is CC(=O)[C@@H](Cc1ccc(OCCSC(c2ccccc2)(c2ccccc2)c2ccccc2)cc1)NC(=O)OC(C)(C)C. The average Bonchev–Trinajstić information content (AvgIpc) is 2.98. The summed E-state index contributed by atoms with van der Waals surface area (Å²) in [5.41, 5.74) is 3.94. The molecule has 5 nitrogen and oxygen atoms in total. The summed E-state index contributed by atoms with van der Waals surface area (Å²) in [4.78, 5) is 24.4. The van der Waals surface area contributed by atoms with Gasteiger partial charge >= 0.3 is 6.09 Å². The highest BCUT2D eigenvalue weighted by atomic mass is 32.2. The van der Waals surface area contributed by atoms with Gasteiger partial charge < -0.3 is 14.8 Å². The van der Waals surface area contributed by atoms with Crippen molar-refractivity contribution in [3.8, 4) is 5.75 Å². The molecular weight excluding hydrogens is 542 g/mol. The first kappa shape index (κ1) is 30.9. The lowest BCUT2D eigenvalue weighted by Gasteiger charge is -2.35. The number of hydrogen-bond acceptors (Lipinski definition) is 5. The molecule has 0 aromatic heterocycles. The molecule has 4 aromatic carbocycles. The summed E-state index contributed by atoms with van der Waals surface area (Å²) in [7, 11) is 0. The number of ether oxygens (including phenoxy) is 2. The maximum Gasteiger partial charge on any atom is 0.408 e. The Morgan fingerprint density at radius 3 is 1.64 bits per heavy atom. The fourth-order valence-corrected chi connectivity index (χ4v) is 6.21. The molecule has 0 bridgehead atoms. The Labute approximate surface area is 253 Å². The smallest absolute Gasteiger partial charge is 0.408 e. The number of rotatable bonds is 12. The highest BCUT2D eigenvalue weighted by Crippen LogP contribution is 2.48. The van der Waals surface area contributed by atoms with Crippen LogP contribution in [0, 0.1) is 0 Å². The zero-order valence-electron chi connectivity index (χ0n) is 24.7. The molecule has 6 heteroatoms. The first-order chi connectivity index (χ1) is 20.2. The third-order valence-corrected chi connectivity index (χ3v) is 8.27. The number of thioether (sulfide) groups is 1. The van der Waals surface area contributed by atoms with E-state index in [-0.39, 0.29) is 10.5 Å². The van der Waals surface area contributed by atoms with Crippen molar-refractivity contribution in [3.63, 3.8) is 0 Å². The van der Waals surface area contributed by atoms with E-state index < -0.39 is 17.7 Å². The van der Waals surface area contributed by atoms with Gasteiger partial charge in [-0.3, -0.25) is 4.79 Å². The normalized spacial score (nSPS) is 12.3. The van der Waals surface area contributed by atoms with Crippen molar-refractivity contribution >= 4 is 23.6 Å². The van der Waals surface area contributed by atoms with Gasteiger partial charge in [0.1, 0.15) is 11.4 Å². The zero-order valence-corrected chi connectivity index (χ0v) is 25.5. The molecule has 0 saturated carbocycles. The molecule has 0 radical (unpaired) electrons. The van der Waals surface area contributed by atoms with Crippen LogP contribution in [0.25, 0.3) is 0 Å². The predicted octanol–water partition coefficient (Wildman–Crippen LogP) is 7.82. The predicted molar refractivity (Wildman–Crippen MR) is 171 cm³/mol. The van der Waals surface area contributed by atoms with Gasteiger partial charge in [0.05, 0.1) is 17.4 Å². The van der Waals surface area contributed by atoms with Crippen LogP contribution < -0.4 is 10.1 Å². The second kappa shape index (κ2) is 14.2. The van der Waals surface area contributed by atoms with Crippen LogP contribution in [0.4, 0.5) is 4.79 Å². The standard InChI is InChI=1S/C36H39NO4S/c1-27(38)33(37-34(39)41-35(2,3)4)26-28-20-22-32(23-21-28)40-24-25-42-36(29-14-8-5-9-15-29,30-16-10-6-11-17-30)31-18-12-7-13-19-31/h5-23,33H,24-26H2,1-4H3,(H,37,39)/t33-/m1/s1. The van der Waals surface area contributed by atoms with Gasteiger partial charge in [0, 0.05) is 5.75 Å². The molecule has 0 unspecified atom stereocenters.